The van der Waals surface area contributed by atoms with Crippen molar-refractivity contribution in [2.75, 3.05) is 50.0 Å². The second kappa shape index (κ2) is 11.3. The topological polar surface area (TPSA) is 71.3 Å². The minimum atomic E-state index is -2.91. The minimum absolute atomic E-state index is 0.0778. The van der Waals surface area contributed by atoms with Crippen molar-refractivity contribution in [3.63, 3.8) is 0 Å². The number of piperidine rings is 1. The number of nitrogens with zero attached hydrogens (tertiary/aromatic N) is 6. The molecule has 228 valence electrons. The first-order valence-corrected chi connectivity index (χ1v) is 15.6. The van der Waals surface area contributed by atoms with Crippen LogP contribution < -0.4 is 10.2 Å². The van der Waals surface area contributed by atoms with Gasteiger partial charge in [0.25, 0.3) is 5.92 Å². The van der Waals surface area contributed by atoms with Crippen molar-refractivity contribution in [2.24, 2.45) is 11.3 Å². The van der Waals surface area contributed by atoms with Crippen LogP contribution in [0.15, 0.2) is 48.4 Å². The molecule has 7 nitrogen and oxygen atoms in total. The van der Waals surface area contributed by atoms with E-state index in [4.69, 9.17) is 0 Å². The van der Waals surface area contributed by atoms with E-state index >= 15 is 8.78 Å². The zero-order chi connectivity index (χ0) is 30.4. The van der Waals surface area contributed by atoms with Crippen LogP contribution in [0.3, 0.4) is 0 Å². The normalized spacial score (nSPS) is 26.8. The summed E-state index contributed by atoms with van der Waals surface area (Å²) in [4.78, 5) is 16.1. The van der Waals surface area contributed by atoms with Gasteiger partial charge in [0.2, 0.25) is 0 Å². The predicted octanol–water partition coefficient (Wildman–Crippen LogP) is 6.42. The molecule has 2 atom stereocenters. The van der Waals surface area contributed by atoms with Gasteiger partial charge in [0.15, 0.2) is 0 Å². The van der Waals surface area contributed by atoms with Crippen LogP contribution >= 0.6 is 0 Å². The Hall–Kier alpha value is -3.35. The smallest absolute Gasteiger partial charge is 0.276 e. The fraction of sp³-hybridized carbons (Fsp3) is 0.559. The number of hydrogen-bond acceptors (Lipinski definition) is 7. The first-order chi connectivity index (χ1) is 20.5. The van der Waals surface area contributed by atoms with Crippen LogP contribution in [0.5, 0.6) is 0 Å². The molecule has 0 radical (unpaired) electrons. The van der Waals surface area contributed by atoms with Gasteiger partial charge in [-0.2, -0.15) is 5.26 Å². The Morgan fingerprint density at radius 3 is 2.60 bits per heavy atom. The molecule has 5 aliphatic rings. The Labute approximate surface area is 254 Å². The summed E-state index contributed by atoms with van der Waals surface area (Å²) in [5, 5.41) is 13.5. The van der Waals surface area contributed by atoms with E-state index in [9.17, 15) is 5.26 Å². The molecule has 0 spiro atoms. The van der Waals surface area contributed by atoms with Crippen LogP contribution in [0.25, 0.3) is 6.08 Å². The Bertz CT molecular complexity index is 1450. The molecule has 1 aromatic carbocycles. The zero-order valence-electron chi connectivity index (χ0n) is 25.7. The number of hydrogen-bond donors (Lipinski definition) is 1. The summed E-state index contributed by atoms with van der Waals surface area (Å²) in [7, 11) is 2.13. The second-order valence-electron chi connectivity index (χ2n) is 13.5. The van der Waals surface area contributed by atoms with Crippen LogP contribution in [0.2, 0.25) is 0 Å². The maximum Gasteiger partial charge on any atom is 0.276 e. The number of nitriles is 1. The predicted molar refractivity (Wildman–Crippen MR) is 167 cm³/mol. The molecular weight excluding hydrogens is 544 g/mol. The number of alkyl halides is 2. The molecule has 2 fully saturated rings. The molecule has 4 aliphatic heterocycles. The van der Waals surface area contributed by atoms with E-state index in [2.05, 4.69) is 63.5 Å². The van der Waals surface area contributed by atoms with Gasteiger partial charge in [0.05, 0.1) is 17.0 Å². The number of halogens is 2. The summed E-state index contributed by atoms with van der Waals surface area (Å²) in [5.74, 6) is -2.23. The van der Waals surface area contributed by atoms with Crippen molar-refractivity contribution < 1.29 is 8.78 Å². The van der Waals surface area contributed by atoms with E-state index < -0.39 is 17.3 Å². The largest absolute Gasteiger partial charge is 0.365 e. The van der Waals surface area contributed by atoms with Crippen molar-refractivity contribution in [2.45, 2.75) is 70.4 Å². The molecule has 43 heavy (non-hydrogen) atoms. The van der Waals surface area contributed by atoms with Crippen LogP contribution in [0.1, 0.15) is 69.1 Å². The van der Waals surface area contributed by atoms with Crippen molar-refractivity contribution >= 4 is 17.7 Å². The summed E-state index contributed by atoms with van der Waals surface area (Å²) in [6, 6.07) is 9.35. The Kier molecular flexibility index (Phi) is 7.80. The maximum absolute atomic E-state index is 16.0. The lowest BCUT2D eigenvalue weighted by Crippen LogP contribution is -2.52. The van der Waals surface area contributed by atoms with Crippen LogP contribution in [-0.4, -0.2) is 65.1 Å². The molecule has 5 heterocycles. The lowest BCUT2D eigenvalue weighted by atomic mass is 9.77. The van der Waals surface area contributed by atoms with E-state index in [1.807, 2.05) is 12.1 Å². The third-order valence-corrected chi connectivity index (χ3v) is 10.1. The summed E-state index contributed by atoms with van der Waals surface area (Å²) < 4.78 is 32.1. The minimum Gasteiger partial charge on any atom is -0.365 e. The Morgan fingerprint density at radius 2 is 1.86 bits per heavy atom. The van der Waals surface area contributed by atoms with Gasteiger partial charge >= 0.3 is 0 Å². The van der Waals surface area contributed by atoms with Gasteiger partial charge in [-0.25, -0.2) is 18.7 Å². The van der Waals surface area contributed by atoms with Crippen molar-refractivity contribution in [1.29, 1.82) is 5.26 Å². The van der Waals surface area contributed by atoms with E-state index in [1.54, 1.807) is 18.2 Å². The lowest BCUT2D eigenvalue weighted by molar-refractivity contribution is -0.109. The highest BCUT2D eigenvalue weighted by Gasteiger charge is 2.50. The molecule has 2 unspecified atom stereocenters. The average molecular weight is 588 g/mol. The zero-order valence-corrected chi connectivity index (χ0v) is 25.7. The standard InChI is InChI=1S/C34H43F2N7/c1-24-29(33(22-37)11-12-33)19-28-30-38-21-25-8-7-9-26(18-25)34(35,36)27-10-15-42(32(2,3)20-27)14-6-5-13-41(4)16-17-43(24)31(28)40-23-39-30/h7-9,18-19,23,27H,1,5-6,10-17,20-21H2,2-4H3,(H,38,39,40). The summed E-state index contributed by atoms with van der Waals surface area (Å²) in [6.45, 7) is 13.1. The molecule has 8 bridgehead atoms. The summed E-state index contributed by atoms with van der Waals surface area (Å²) in [6.07, 6.45) is 8.19. The number of anilines is 2. The third kappa shape index (κ3) is 5.67. The number of fused-ring (bicyclic) bond motifs is 9. The van der Waals surface area contributed by atoms with Crippen LogP contribution in [-0.2, 0) is 12.5 Å². The fourth-order valence-corrected chi connectivity index (χ4v) is 7.15. The molecule has 0 amide bonds. The number of likely N-dealkylation sites (N-methyl/N-ethyl adjacent to an activating group) is 1. The quantitative estimate of drug-likeness (QED) is 0.413. The molecule has 2 aromatic rings. The van der Waals surface area contributed by atoms with Gasteiger partial charge in [-0.3, -0.25) is 4.90 Å². The molecule has 1 saturated heterocycles. The molecule has 1 aromatic heterocycles. The van der Waals surface area contributed by atoms with E-state index in [-0.39, 0.29) is 11.1 Å². The lowest BCUT2D eigenvalue weighted by Gasteiger charge is -2.47. The molecule has 9 heteroatoms. The number of allylic oxidation sites excluding steroid dienone is 1. The van der Waals surface area contributed by atoms with Gasteiger partial charge in [-0.1, -0.05) is 24.8 Å². The number of benzene rings is 1. The Balaban J connectivity index is 1.35. The summed E-state index contributed by atoms with van der Waals surface area (Å²) in [5.41, 5.74) is 2.60. The fourth-order valence-electron chi connectivity index (χ4n) is 7.15. The van der Waals surface area contributed by atoms with Gasteiger partial charge in [0, 0.05) is 42.4 Å². The SMILES string of the molecule is C=C1C(C2(C#N)CC2)=Cc2c3ncnc2N1CCN(C)CCCCN1CCC(CC1(C)C)C(F)(F)c1cccc(c1)CN3. The van der Waals surface area contributed by atoms with E-state index in [0.717, 1.165) is 73.5 Å². The third-order valence-electron chi connectivity index (χ3n) is 10.1. The molecule has 1 N–H and O–H groups in total. The highest BCUT2D eigenvalue weighted by Crippen LogP contribution is 2.56. The number of nitrogens with one attached hydrogen (secondary N) is 1. The molecule has 1 aliphatic carbocycles. The number of aromatic nitrogens is 2. The first kappa shape index (κ1) is 29.7. The van der Waals surface area contributed by atoms with Crippen molar-refractivity contribution in [3.05, 3.63) is 65.1 Å². The van der Waals surface area contributed by atoms with Crippen molar-refractivity contribution in [3.8, 4) is 6.07 Å². The van der Waals surface area contributed by atoms with Gasteiger partial charge in [0.1, 0.15) is 18.0 Å². The van der Waals surface area contributed by atoms with Crippen LogP contribution in [0.4, 0.5) is 20.4 Å². The Morgan fingerprint density at radius 1 is 1.07 bits per heavy atom. The van der Waals surface area contributed by atoms with E-state index in [1.165, 1.54) is 6.33 Å². The van der Waals surface area contributed by atoms with Crippen LogP contribution in [0, 0.1) is 22.7 Å². The first-order valence-electron chi connectivity index (χ1n) is 15.6. The van der Waals surface area contributed by atoms with Gasteiger partial charge in [-0.05, 0) is 102 Å². The van der Waals surface area contributed by atoms with Gasteiger partial charge in [-0.15, -0.1) is 0 Å². The number of rotatable bonds is 1. The second-order valence-corrected chi connectivity index (χ2v) is 13.5. The molecular formula is C34H43F2N7. The maximum atomic E-state index is 16.0. The molecule has 7 rings (SSSR count). The van der Waals surface area contributed by atoms with E-state index in [0.29, 0.717) is 38.3 Å². The average Bonchev–Trinajstić information content (AvgIpc) is 3.78. The monoisotopic (exact) mass is 587 g/mol. The molecule has 1 saturated carbocycles. The van der Waals surface area contributed by atoms with Crippen molar-refractivity contribution in [1.82, 2.24) is 19.8 Å². The highest BCUT2D eigenvalue weighted by atomic mass is 19.3. The van der Waals surface area contributed by atoms with Gasteiger partial charge < -0.3 is 15.1 Å². The highest BCUT2D eigenvalue weighted by molar-refractivity contribution is 5.84. The summed E-state index contributed by atoms with van der Waals surface area (Å²) >= 11 is 0.